The molecule has 0 radical (unpaired) electrons. The monoisotopic (exact) mass is 338 g/mol. The zero-order chi connectivity index (χ0) is 17.6. The van der Waals surface area contributed by atoms with Crippen molar-refractivity contribution in [2.24, 2.45) is 0 Å². The van der Waals surface area contributed by atoms with Gasteiger partial charge in [-0.3, -0.25) is 9.80 Å². The quantitative estimate of drug-likeness (QED) is 0.836. The van der Waals surface area contributed by atoms with E-state index in [9.17, 15) is 0 Å². The predicted octanol–water partition coefficient (Wildman–Crippen LogP) is 3.58. The van der Waals surface area contributed by atoms with Crippen LogP contribution in [0.15, 0.2) is 36.4 Å². The second-order valence-electron chi connectivity index (χ2n) is 7.85. The van der Waals surface area contributed by atoms with Gasteiger partial charge in [0.05, 0.1) is 0 Å². The van der Waals surface area contributed by atoms with Crippen molar-refractivity contribution in [3.8, 4) is 11.5 Å². The Morgan fingerprint density at radius 3 is 1.64 bits per heavy atom. The van der Waals surface area contributed by atoms with Crippen LogP contribution in [-0.4, -0.2) is 37.4 Å². The van der Waals surface area contributed by atoms with E-state index < -0.39 is 0 Å². The Bertz CT molecular complexity index is 735. The van der Waals surface area contributed by atoms with E-state index in [4.69, 9.17) is 9.47 Å². The number of nitrogens with zero attached hydrogens (tertiary/aromatic N) is 2. The van der Waals surface area contributed by atoms with Gasteiger partial charge in [-0.25, -0.2) is 0 Å². The molecule has 2 aliphatic rings. The topological polar surface area (TPSA) is 24.9 Å². The number of ether oxygens (including phenoxy) is 2. The fourth-order valence-electron chi connectivity index (χ4n) is 3.62. The molecule has 2 aromatic carbocycles. The van der Waals surface area contributed by atoms with Gasteiger partial charge in [-0.1, -0.05) is 38.1 Å². The molecule has 0 spiro atoms. The second-order valence-corrected chi connectivity index (χ2v) is 7.85. The van der Waals surface area contributed by atoms with E-state index in [1.165, 1.54) is 22.3 Å². The first-order valence-electron chi connectivity index (χ1n) is 8.83. The van der Waals surface area contributed by atoms with Gasteiger partial charge in [0.25, 0.3) is 0 Å². The van der Waals surface area contributed by atoms with Crippen LogP contribution in [0.3, 0.4) is 0 Å². The first kappa shape index (κ1) is 16.4. The third-order valence-electron chi connectivity index (χ3n) is 5.34. The zero-order valence-corrected chi connectivity index (χ0v) is 15.5. The van der Waals surface area contributed by atoms with Gasteiger partial charge in [0.15, 0.2) is 0 Å². The highest BCUT2D eigenvalue weighted by molar-refractivity contribution is 5.48. The first-order valence-corrected chi connectivity index (χ1v) is 8.83. The van der Waals surface area contributed by atoms with Crippen LogP contribution >= 0.6 is 0 Å². The molecule has 0 N–H and O–H groups in total. The van der Waals surface area contributed by atoms with Crippen molar-refractivity contribution >= 4 is 0 Å². The molecular formula is C21H26N2O2. The minimum absolute atomic E-state index is 0.108. The minimum Gasteiger partial charge on any atom is -0.478 e. The molecule has 2 aromatic rings. The van der Waals surface area contributed by atoms with Gasteiger partial charge in [0.1, 0.15) is 25.0 Å². The van der Waals surface area contributed by atoms with Crippen LogP contribution in [0.4, 0.5) is 0 Å². The zero-order valence-electron chi connectivity index (χ0n) is 15.5. The summed E-state index contributed by atoms with van der Waals surface area (Å²) in [5.74, 6) is 2.03. The number of hydrogen-bond acceptors (Lipinski definition) is 4. The summed E-state index contributed by atoms with van der Waals surface area (Å²) in [6, 6.07) is 13.3. The third kappa shape index (κ3) is 3.00. The van der Waals surface area contributed by atoms with E-state index in [-0.39, 0.29) is 5.41 Å². The molecule has 0 aliphatic carbocycles. The molecule has 0 amide bonds. The lowest BCUT2D eigenvalue weighted by molar-refractivity contribution is 0.121. The van der Waals surface area contributed by atoms with Gasteiger partial charge in [0.2, 0.25) is 0 Å². The fourth-order valence-corrected chi connectivity index (χ4v) is 3.62. The highest BCUT2D eigenvalue weighted by Gasteiger charge is 2.27. The number of rotatable bonds is 2. The van der Waals surface area contributed by atoms with Gasteiger partial charge in [-0.05, 0) is 37.4 Å². The van der Waals surface area contributed by atoms with Crippen LogP contribution in [0, 0.1) is 0 Å². The number of fused-ring (bicyclic) bond motifs is 2. The van der Waals surface area contributed by atoms with Crippen molar-refractivity contribution in [2.45, 2.75) is 32.4 Å². The number of benzene rings is 2. The first-order chi connectivity index (χ1) is 11.9. The van der Waals surface area contributed by atoms with E-state index in [1.807, 2.05) is 0 Å². The molecule has 132 valence electrons. The van der Waals surface area contributed by atoms with Gasteiger partial charge < -0.3 is 9.47 Å². The van der Waals surface area contributed by atoms with Crippen LogP contribution in [0.5, 0.6) is 11.5 Å². The van der Waals surface area contributed by atoms with Gasteiger partial charge in [-0.2, -0.15) is 0 Å². The van der Waals surface area contributed by atoms with Gasteiger partial charge in [0, 0.05) is 29.6 Å². The summed E-state index contributed by atoms with van der Waals surface area (Å²) in [5, 5.41) is 0. The molecule has 0 fully saturated rings. The normalized spacial score (nSPS) is 18.1. The van der Waals surface area contributed by atoms with E-state index >= 15 is 0 Å². The molecule has 4 nitrogen and oxygen atoms in total. The van der Waals surface area contributed by atoms with Crippen LogP contribution in [-0.2, 0) is 18.5 Å². The maximum atomic E-state index is 5.91. The molecule has 0 bridgehead atoms. The van der Waals surface area contributed by atoms with E-state index in [1.54, 1.807) is 0 Å². The summed E-state index contributed by atoms with van der Waals surface area (Å²) in [7, 11) is 4.15. The molecule has 0 saturated carbocycles. The largest absolute Gasteiger partial charge is 0.478 e. The summed E-state index contributed by atoms with van der Waals surface area (Å²) in [6.07, 6.45) is 0. The highest BCUT2D eigenvalue weighted by Crippen LogP contribution is 2.38. The fraction of sp³-hybridized carbons (Fsp3) is 0.429. The molecule has 2 aliphatic heterocycles. The lowest BCUT2D eigenvalue weighted by Crippen LogP contribution is -2.29. The summed E-state index contributed by atoms with van der Waals surface area (Å²) in [6.45, 7) is 7.71. The van der Waals surface area contributed by atoms with E-state index in [0.29, 0.717) is 13.5 Å². The van der Waals surface area contributed by atoms with Crippen LogP contribution in [0.25, 0.3) is 0 Å². The lowest BCUT2D eigenvalue weighted by Gasteiger charge is -2.32. The van der Waals surface area contributed by atoms with Crippen molar-refractivity contribution in [2.75, 3.05) is 27.6 Å². The molecule has 0 aromatic heterocycles. The average molecular weight is 338 g/mol. The smallest absolute Gasteiger partial charge is 0.142 e. The van der Waals surface area contributed by atoms with E-state index in [0.717, 1.165) is 24.6 Å². The molecule has 0 atom stereocenters. The van der Waals surface area contributed by atoms with Crippen molar-refractivity contribution in [1.29, 1.82) is 0 Å². The van der Waals surface area contributed by atoms with Crippen LogP contribution in [0.1, 0.15) is 36.1 Å². The maximum Gasteiger partial charge on any atom is 0.142 e. The maximum absolute atomic E-state index is 5.91. The molecule has 0 unspecified atom stereocenters. The number of hydrogen-bond donors (Lipinski definition) is 0. The van der Waals surface area contributed by atoms with Crippen molar-refractivity contribution in [3.63, 3.8) is 0 Å². The van der Waals surface area contributed by atoms with Gasteiger partial charge >= 0.3 is 0 Å². The van der Waals surface area contributed by atoms with Crippen LogP contribution < -0.4 is 9.47 Å². The molecule has 0 saturated heterocycles. The molecule has 25 heavy (non-hydrogen) atoms. The van der Waals surface area contributed by atoms with E-state index in [2.05, 4.69) is 74.1 Å². The highest BCUT2D eigenvalue weighted by atomic mass is 16.5. The SMILES string of the molecule is CN1COc2cc(C(C)(C)c3ccc4c(c3)OCN(C)C4)ccc2C1. The Labute approximate surface area is 150 Å². The molecule has 2 heterocycles. The minimum atomic E-state index is -0.108. The van der Waals surface area contributed by atoms with Crippen molar-refractivity contribution in [3.05, 3.63) is 58.7 Å². The Hall–Kier alpha value is -2.04. The predicted molar refractivity (Wildman–Crippen MR) is 98.9 cm³/mol. The van der Waals surface area contributed by atoms with Gasteiger partial charge in [-0.15, -0.1) is 0 Å². The average Bonchev–Trinajstić information content (AvgIpc) is 2.60. The third-order valence-corrected chi connectivity index (χ3v) is 5.34. The molecular weight excluding hydrogens is 312 g/mol. The molecule has 4 rings (SSSR count). The van der Waals surface area contributed by atoms with Crippen LogP contribution in [0.2, 0.25) is 0 Å². The summed E-state index contributed by atoms with van der Waals surface area (Å²) < 4.78 is 11.8. The second kappa shape index (κ2) is 6.04. The Kier molecular flexibility index (Phi) is 3.97. The summed E-state index contributed by atoms with van der Waals surface area (Å²) in [4.78, 5) is 4.34. The lowest BCUT2D eigenvalue weighted by atomic mass is 9.77. The Balaban J connectivity index is 1.68. The Morgan fingerprint density at radius 2 is 1.20 bits per heavy atom. The summed E-state index contributed by atoms with van der Waals surface area (Å²) in [5.41, 5.74) is 4.94. The Morgan fingerprint density at radius 1 is 0.760 bits per heavy atom. The van der Waals surface area contributed by atoms with Crippen molar-refractivity contribution in [1.82, 2.24) is 9.80 Å². The van der Waals surface area contributed by atoms with Crippen molar-refractivity contribution < 1.29 is 9.47 Å². The standard InChI is InChI=1S/C21H26N2O2/c1-21(2,17-7-5-15-11-22(3)13-24-19(15)9-17)18-8-6-16-12-23(4)14-25-20(16)10-18/h5-10H,11-14H2,1-4H3. The molecule has 4 heteroatoms. The summed E-state index contributed by atoms with van der Waals surface area (Å²) >= 11 is 0.